The van der Waals surface area contributed by atoms with Gasteiger partial charge in [0.2, 0.25) is 0 Å². The molecule has 1 aromatic rings. The van der Waals surface area contributed by atoms with Crippen LogP contribution in [0.1, 0.15) is 7.79 Å². The maximum Gasteiger partial charge on any atom is 0.0712 e. The summed E-state index contributed by atoms with van der Waals surface area (Å²) in [5.74, 6) is -1.03. The summed E-state index contributed by atoms with van der Waals surface area (Å²) in [5.41, 5.74) is 0. The maximum absolute atomic E-state index is 9.26. The predicted molar refractivity (Wildman–Crippen MR) is 72.3 cm³/mol. The van der Waals surface area contributed by atoms with E-state index in [2.05, 4.69) is 11.0 Å². The first kappa shape index (κ1) is 11.4. The topological polar surface area (TPSA) is 27.0 Å². The Bertz CT molecular complexity index is 459. The van der Waals surface area contributed by atoms with Gasteiger partial charge in [0.1, 0.15) is 0 Å². The molecule has 0 saturated carbocycles. The number of thioether (sulfide) groups is 1. The van der Waals surface area contributed by atoms with E-state index in [1.54, 1.807) is 11.8 Å². The molecule has 0 bridgehead atoms. The van der Waals surface area contributed by atoms with E-state index in [0.29, 0.717) is 11.6 Å². The molecule has 2 rings (SSSR count). The third-order valence-corrected chi connectivity index (χ3v) is 4.44. The van der Waals surface area contributed by atoms with E-state index in [1.165, 1.54) is 0 Å². The molecule has 1 heterocycles. The average Bonchev–Trinajstić information content (AvgIpc) is 2.35. The smallest absolute Gasteiger partial charge is 0.0712 e. The number of rotatable bonds is 2. The SMILES string of the molecule is [2H][C@@]1(C#N)CN(C)CC[C@@H]1Sc1ccc(Cl)cc1. The zero-order chi connectivity index (χ0) is 13.2. The lowest BCUT2D eigenvalue weighted by molar-refractivity contribution is 0.247. The average molecular weight is 268 g/mol. The fraction of sp³-hybridized carbons (Fsp3) is 0.462. The highest BCUT2D eigenvalue weighted by Crippen LogP contribution is 2.33. The minimum atomic E-state index is -1.03. The van der Waals surface area contributed by atoms with Crippen molar-refractivity contribution in [2.45, 2.75) is 16.6 Å². The maximum atomic E-state index is 9.26. The molecular formula is C13H15ClN2S. The lowest BCUT2D eigenvalue weighted by Gasteiger charge is -2.32. The van der Waals surface area contributed by atoms with Gasteiger partial charge in [-0.3, -0.25) is 0 Å². The monoisotopic (exact) mass is 267 g/mol. The van der Waals surface area contributed by atoms with Crippen LogP contribution in [0.25, 0.3) is 0 Å². The van der Waals surface area contributed by atoms with Crippen LogP contribution in [0.15, 0.2) is 29.2 Å². The first-order valence-corrected chi connectivity index (χ1v) is 6.81. The summed E-state index contributed by atoms with van der Waals surface area (Å²) in [4.78, 5) is 3.12. The first-order chi connectivity index (χ1) is 8.53. The van der Waals surface area contributed by atoms with Crippen molar-refractivity contribution in [3.05, 3.63) is 29.3 Å². The molecule has 0 unspecified atom stereocenters. The van der Waals surface area contributed by atoms with Gasteiger partial charge in [-0.2, -0.15) is 5.26 Å². The van der Waals surface area contributed by atoms with Crippen LogP contribution in [0.3, 0.4) is 0 Å². The van der Waals surface area contributed by atoms with Crippen molar-refractivity contribution in [3.63, 3.8) is 0 Å². The summed E-state index contributed by atoms with van der Waals surface area (Å²) in [6, 6.07) is 9.75. The van der Waals surface area contributed by atoms with Gasteiger partial charge in [-0.25, -0.2) is 0 Å². The van der Waals surface area contributed by atoms with E-state index in [9.17, 15) is 5.26 Å². The second kappa shape index (κ2) is 5.77. The molecule has 1 aliphatic heterocycles. The van der Waals surface area contributed by atoms with E-state index >= 15 is 0 Å². The van der Waals surface area contributed by atoms with Crippen molar-refractivity contribution >= 4 is 23.4 Å². The Morgan fingerprint density at radius 1 is 1.53 bits per heavy atom. The lowest BCUT2D eigenvalue weighted by Crippen LogP contribution is -2.38. The Morgan fingerprint density at radius 3 is 2.88 bits per heavy atom. The number of benzene rings is 1. The molecular weight excluding hydrogens is 252 g/mol. The third kappa shape index (κ3) is 3.38. The Morgan fingerprint density at radius 2 is 2.24 bits per heavy atom. The standard InChI is InChI=1S/C13H15ClN2S/c1-16-7-6-13(10(8-15)9-16)17-12-4-2-11(14)3-5-12/h2-5,10,13H,6-7,9H2,1H3/t10-,13+/m1/s1/i10D. The van der Waals surface area contributed by atoms with Crippen molar-refractivity contribution in [1.82, 2.24) is 4.90 Å². The molecule has 4 heteroatoms. The normalized spacial score (nSPS) is 30.6. The molecule has 1 aromatic carbocycles. The summed E-state index contributed by atoms with van der Waals surface area (Å²) < 4.78 is 8.30. The van der Waals surface area contributed by atoms with Gasteiger partial charge in [0.05, 0.1) is 12.0 Å². The molecule has 1 fully saturated rings. The van der Waals surface area contributed by atoms with Gasteiger partial charge >= 0.3 is 0 Å². The number of nitriles is 1. The molecule has 0 aliphatic carbocycles. The van der Waals surface area contributed by atoms with Gasteiger partial charge in [-0.1, -0.05) is 11.6 Å². The number of likely N-dealkylation sites (tertiary alicyclic amines) is 1. The molecule has 17 heavy (non-hydrogen) atoms. The molecule has 0 aromatic heterocycles. The Balaban J connectivity index is 2.12. The van der Waals surface area contributed by atoms with Crippen molar-refractivity contribution in [1.29, 1.82) is 5.26 Å². The number of piperidine rings is 1. The summed E-state index contributed by atoms with van der Waals surface area (Å²) in [5, 5.41) is 9.98. The van der Waals surface area contributed by atoms with E-state index in [0.717, 1.165) is 17.9 Å². The number of nitrogens with zero attached hydrogens (tertiary/aromatic N) is 2. The van der Waals surface area contributed by atoms with Crippen molar-refractivity contribution in [2.24, 2.45) is 5.89 Å². The zero-order valence-corrected chi connectivity index (χ0v) is 11.3. The summed E-state index contributed by atoms with van der Waals surface area (Å²) in [6.45, 7) is 1.45. The first-order valence-electron chi connectivity index (χ1n) is 6.05. The second-order valence-electron chi connectivity index (χ2n) is 4.22. The van der Waals surface area contributed by atoms with Crippen molar-refractivity contribution in [3.8, 4) is 6.07 Å². The highest BCUT2D eigenvalue weighted by molar-refractivity contribution is 8.00. The third-order valence-electron chi connectivity index (χ3n) is 2.84. The fourth-order valence-electron chi connectivity index (χ4n) is 1.90. The summed E-state index contributed by atoms with van der Waals surface area (Å²) in [7, 11) is 1.96. The van der Waals surface area contributed by atoms with Crippen LogP contribution in [-0.4, -0.2) is 30.3 Å². The van der Waals surface area contributed by atoms with E-state index in [4.69, 9.17) is 13.0 Å². The molecule has 1 saturated heterocycles. The zero-order valence-electron chi connectivity index (χ0n) is 10.7. The van der Waals surface area contributed by atoms with Crippen LogP contribution in [0.4, 0.5) is 0 Å². The van der Waals surface area contributed by atoms with Crippen LogP contribution >= 0.6 is 23.4 Å². The van der Waals surface area contributed by atoms with Gasteiger partial charge < -0.3 is 4.90 Å². The summed E-state index contributed by atoms with van der Waals surface area (Å²) in [6.07, 6.45) is 0.862. The predicted octanol–water partition coefficient (Wildman–Crippen LogP) is 3.28. The van der Waals surface area contributed by atoms with E-state index < -0.39 is 5.89 Å². The molecule has 2 nitrogen and oxygen atoms in total. The Hall–Kier alpha value is -0.690. The molecule has 0 spiro atoms. The number of halogens is 1. The van der Waals surface area contributed by atoms with Gasteiger partial charge in [-0.15, -0.1) is 11.8 Å². The van der Waals surface area contributed by atoms with Crippen LogP contribution in [0, 0.1) is 17.2 Å². The Kier molecular flexibility index (Phi) is 3.87. The Labute approximate surface area is 113 Å². The highest BCUT2D eigenvalue weighted by Gasteiger charge is 2.28. The van der Waals surface area contributed by atoms with Gasteiger partial charge in [0.25, 0.3) is 0 Å². The van der Waals surface area contributed by atoms with Crippen LogP contribution in [-0.2, 0) is 0 Å². The molecule has 1 aliphatic rings. The molecule has 90 valence electrons. The van der Waals surface area contributed by atoms with Crippen LogP contribution < -0.4 is 0 Å². The minimum absolute atomic E-state index is 0.0138. The highest BCUT2D eigenvalue weighted by atomic mass is 35.5. The van der Waals surface area contributed by atoms with Crippen LogP contribution in [0.5, 0.6) is 0 Å². The summed E-state index contributed by atoms with van der Waals surface area (Å²) >= 11 is 7.46. The molecule has 0 N–H and O–H groups in total. The fourth-order valence-corrected chi connectivity index (χ4v) is 3.14. The van der Waals surface area contributed by atoms with Crippen molar-refractivity contribution < 1.29 is 1.37 Å². The molecule has 2 atom stereocenters. The van der Waals surface area contributed by atoms with Gasteiger partial charge in [-0.05, 0) is 44.3 Å². The lowest BCUT2D eigenvalue weighted by atomic mass is 10.00. The quantitative estimate of drug-likeness (QED) is 0.823. The largest absolute Gasteiger partial charge is 0.305 e. The van der Waals surface area contributed by atoms with Gasteiger partial charge in [0, 0.05) is 23.1 Å². The van der Waals surface area contributed by atoms with Crippen LogP contribution in [0.2, 0.25) is 5.02 Å². The molecule has 0 radical (unpaired) electrons. The van der Waals surface area contributed by atoms with Gasteiger partial charge in [0.15, 0.2) is 0 Å². The molecule has 0 amide bonds. The minimum Gasteiger partial charge on any atom is -0.305 e. The van der Waals surface area contributed by atoms with E-state index in [-0.39, 0.29) is 5.25 Å². The number of hydrogen-bond donors (Lipinski definition) is 0. The van der Waals surface area contributed by atoms with Crippen molar-refractivity contribution in [2.75, 3.05) is 20.1 Å². The number of hydrogen-bond acceptors (Lipinski definition) is 3. The van der Waals surface area contributed by atoms with E-state index in [1.807, 2.05) is 31.3 Å². The second-order valence-corrected chi connectivity index (χ2v) is 5.94.